The molecule has 0 bridgehead atoms. The summed E-state index contributed by atoms with van der Waals surface area (Å²) < 4.78 is 4.93. The van der Waals surface area contributed by atoms with Gasteiger partial charge in [0.1, 0.15) is 0 Å². The van der Waals surface area contributed by atoms with E-state index in [4.69, 9.17) is 4.74 Å². The van der Waals surface area contributed by atoms with Gasteiger partial charge in [-0.15, -0.1) is 11.8 Å². The van der Waals surface area contributed by atoms with Gasteiger partial charge in [0.2, 0.25) is 11.8 Å². The van der Waals surface area contributed by atoms with Gasteiger partial charge < -0.3 is 20.7 Å². The molecule has 0 radical (unpaired) electrons. The minimum Gasteiger partial charge on any atom is -0.383 e. The van der Waals surface area contributed by atoms with Crippen molar-refractivity contribution in [3.63, 3.8) is 0 Å². The average molecular weight is 339 g/mol. The van der Waals surface area contributed by atoms with Crippen molar-refractivity contribution in [3.05, 3.63) is 24.3 Å². The largest absolute Gasteiger partial charge is 0.383 e. The number of thioether (sulfide) groups is 1. The summed E-state index contributed by atoms with van der Waals surface area (Å²) in [5.74, 6) is -0.0910. The lowest BCUT2D eigenvalue weighted by Crippen LogP contribution is -2.36. The highest BCUT2D eigenvalue weighted by Crippen LogP contribution is 2.24. The van der Waals surface area contributed by atoms with Crippen molar-refractivity contribution in [1.29, 1.82) is 0 Å². The van der Waals surface area contributed by atoms with Gasteiger partial charge in [-0.1, -0.05) is 0 Å². The molecule has 0 aliphatic carbocycles. The van der Waals surface area contributed by atoms with Crippen LogP contribution in [0, 0.1) is 0 Å². The number of benzene rings is 1. The number of anilines is 1. The molecule has 0 fully saturated rings. The Balaban J connectivity index is 2.30. The molecule has 0 aliphatic rings. The second-order valence-electron chi connectivity index (χ2n) is 5.00. The lowest BCUT2D eigenvalue weighted by molar-refractivity contribution is -0.120. The van der Waals surface area contributed by atoms with Gasteiger partial charge in [0.05, 0.1) is 11.9 Å². The number of ether oxygens (including phenoxy) is 1. The number of amides is 2. The van der Waals surface area contributed by atoms with E-state index in [1.807, 2.05) is 31.2 Å². The number of nitrogens with one attached hydrogen (secondary N) is 3. The summed E-state index contributed by atoms with van der Waals surface area (Å²) >= 11 is 1.49. The number of hydrogen-bond acceptors (Lipinski definition) is 5. The lowest BCUT2D eigenvalue weighted by atomic mass is 10.3. The lowest BCUT2D eigenvalue weighted by Gasteiger charge is -2.12. The summed E-state index contributed by atoms with van der Waals surface area (Å²) in [6.45, 7) is 6.10. The smallest absolute Gasteiger partial charge is 0.233 e. The zero-order chi connectivity index (χ0) is 17.1. The fourth-order valence-electron chi connectivity index (χ4n) is 1.79. The number of carbonyl (C=O) groups excluding carboxylic acids is 2. The predicted molar refractivity (Wildman–Crippen MR) is 93.8 cm³/mol. The van der Waals surface area contributed by atoms with Crippen LogP contribution in [0.4, 0.5) is 5.69 Å². The molecule has 0 heterocycles. The molecule has 3 N–H and O–H groups in total. The van der Waals surface area contributed by atoms with Crippen LogP contribution in [-0.4, -0.2) is 50.4 Å². The number of rotatable bonds is 10. The Bertz CT molecular complexity index is 494. The molecule has 1 atom stereocenters. The van der Waals surface area contributed by atoms with Crippen LogP contribution in [-0.2, 0) is 14.3 Å². The molecule has 6 nitrogen and oxygen atoms in total. The Hall–Kier alpha value is -1.57. The number of methoxy groups -OCH3 is 1. The number of hydrogen-bond donors (Lipinski definition) is 3. The van der Waals surface area contributed by atoms with Crippen LogP contribution in [0.3, 0.4) is 0 Å². The molecule has 7 heteroatoms. The summed E-state index contributed by atoms with van der Waals surface area (Å²) in [4.78, 5) is 24.0. The van der Waals surface area contributed by atoms with Gasteiger partial charge in [-0.3, -0.25) is 9.59 Å². The van der Waals surface area contributed by atoms with E-state index >= 15 is 0 Å². The first-order chi connectivity index (χ1) is 11.0. The third-order valence-corrected chi connectivity index (χ3v) is 4.05. The van der Waals surface area contributed by atoms with Gasteiger partial charge in [0, 0.05) is 44.3 Å². The maximum atomic E-state index is 12.0. The van der Waals surface area contributed by atoms with Gasteiger partial charge >= 0.3 is 0 Å². The zero-order valence-electron chi connectivity index (χ0n) is 13.8. The molecule has 23 heavy (non-hydrogen) atoms. The molecule has 1 unspecified atom stereocenters. The molecular weight excluding hydrogens is 314 g/mol. The van der Waals surface area contributed by atoms with Crippen molar-refractivity contribution in [3.8, 4) is 0 Å². The monoisotopic (exact) mass is 339 g/mol. The van der Waals surface area contributed by atoms with E-state index in [0.29, 0.717) is 13.2 Å². The van der Waals surface area contributed by atoms with Gasteiger partial charge in [0.15, 0.2) is 0 Å². The molecule has 0 saturated heterocycles. The molecule has 0 aromatic heterocycles. The summed E-state index contributed by atoms with van der Waals surface area (Å²) in [6.07, 6.45) is 0. The van der Waals surface area contributed by atoms with E-state index < -0.39 is 0 Å². The van der Waals surface area contributed by atoms with E-state index in [0.717, 1.165) is 23.7 Å². The van der Waals surface area contributed by atoms with Crippen LogP contribution < -0.4 is 16.0 Å². The molecule has 1 aromatic carbocycles. The summed E-state index contributed by atoms with van der Waals surface area (Å²) in [5.41, 5.74) is 0.751. The van der Waals surface area contributed by atoms with E-state index in [9.17, 15) is 9.59 Å². The van der Waals surface area contributed by atoms with Crippen molar-refractivity contribution in [2.45, 2.75) is 24.0 Å². The van der Waals surface area contributed by atoms with Crippen LogP contribution >= 0.6 is 11.8 Å². The van der Waals surface area contributed by atoms with E-state index in [1.165, 1.54) is 18.7 Å². The first-order valence-electron chi connectivity index (χ1n) is 7.54. The van der Waals surface area contributed by atoms with Crippen LogP contribution in [0.5, 0.6) is 0 Å². The summed E-state index contributed by atoms with van der Waals surface area (Å²) in [7, 11) is 1.66. The minimum absolute atomic E-state index is 0.00878. The molecule has 0 aliphatic heterocycles. The highest BCUT2D eigenvalue weighted by Gasteiger charge is 2.13. The van der Waals surface area contributed by atoms with Crippen molar-refractivity contribution < 1.29 is 14.3 Å². The third kappa shape index (κ3) is 8.59. The second kappa shape index (κ2) is 11.0. The molecule has 0 saturated carbocycles. The average Bonchev–Trinajstić information content (AvgIpc) is 2.52. The summed E-state index contributed by atoms with van der Waals surface area (Å²) in [6, 6.07) is 7.44. The maximum Gasteiger partial charge on any atom is 0.233 e. The van der Waals surface area contributed by atoms with Gasteiger partial charge in [0.25, 0.3) is 0 Å². The minimum atomic E-state index is -0.180. The van der Waals surface area contributed by atoms with Gasteiger partial charge in [-0.25, -0.2) is 0 Å². The Morgan fingerprint density at radius 1 is 1.17 bits per heavy atom. The zero-order valence-corrected chi connectivity index (χ0v) is 14.7. The molecule has 2 amide bonds. The molecule has 1 aromatic rings. The molecule has 0 spiro atoms. The highest BCUT2D eigenvalue weighted by molar-refractivity contribution is 8.00. The van der Waals surface area contributed by atoms with Crippen LogP contribution in [0.1, 0.15) is 13.8 Å². The first-order valence-corrected chi connectivity index (χ1v) is 8.42. The van der Waals surface area contributed by atoms with Crippen LogP contribution in [0.15, 0.2) is 29.2 Å². The highest BCUT2D eigenvalue weighted by atomic mass is 32.2. The Labute approximate surface area is 141 Å². The van der Waals surface area contributed by atoms with Crippen molar-refractivity contribution in [2.75, 3.05) is 38.7 Å². The normalized spacial score (nSPS) is 11.8. The van der Waals surface area contributed by atoms with E-state index in [1.54, 1.807) is 7.11 Å². The topological polar surface area (TPSA) is 79.5 Å². The quantitative estimate of drug-likeness (QED) is 0.444. The molecule has 1 rings (SSSR count). The van der Waals surface area contributed by atoms with Crippen molar-refractivity contribution in [1.82, 2.24) is 10.6 Å². The van der Waals surface area contributed by atoms with Gasteiger partial charge in [-0.05, 0) is 31.2 Å². The predicted octanol–water partition coefficient (Wildman–Crippen LogP) is 1.48. The molecular formula is C16H25N3O3S. The van der Waals surface area contributed by atoms with Crippen molar-refractivity contribution >= 4 is 29.3 Å². The molecule has 128 valence electrons. The third-order valence-electron chi connectivity index (χ3n) is 2.94. The first kappa shape index (κ1) is 19.5. The fourth-order valence-corrected chi connectivity index (χ4v) is 2.69. The second-order valence-corrected chi connectivity index (χ2v) is 6.41. The Kier molecular flexibility index (Phi) is 9.35. The van der Waals surface area contributed by atoms with E-state index in [-0.39, 0.29) is 17.1 Å². The Morgan fingerprint density at radius 2 is 1.87 bits per heavy atom. The maximum absolute atomic E-state index is 12.0. The van der Waals surface area contributed by atoms with Gasteiger partial charge in [-0.2, -0.15) is 0 Å². The number of carbonyl (C=O) groups is 2. The van der Waals surface area contributed by atoms with E-state index in [2.05, 4.69) is 16.0 Å². The van der Waals surface area contributed by atoms with Crippen molar-refractivity contribution in [2.24, 2.45) is 0 Å². The Morgan fingerprint density at radius 3 is 2.48 bits per heavy atom. The standard InChI is InChI=1S/C16H25N3O3S/c1-12(16(21)18-9-8-17-10-11-22-3)23-15-6-4-14(5-7-15)19-13(2)20/h4-7,12,17H,8-11H2,1-3H3,(H,18,21)(H,19,20). The van der Waals surface area contributed by atoms with Crippen LogP contribution in [0.25, 0.3) is 0 Å². The summed E-state index contributed by atoms with van der Waals surface area (Å²) in [5, 5.41) is 8.60. The SMILES string of the molecule is COCCNCCNC(=O)C(C)Sc1ccc(NC(C)=O)cc1. The van der Waals surface area contributed by atoms with Crippen LogP contribution in [0.2, 0.25) is 0 Å². The fraction of sp³-hybridized carbons (Fsp3) is 0.500.